The van der Waals surface area contributed by atoms with Crippen molar-refractivity contribution in [1.29, 1.82) is 0 Å². The smallest absolute Gasteiger partial charge is 0.0120 e. The van der Waals surface area contributed by atoms with Gasteiger partial charge in [0.05, 0.1) is 0 Å². The largest absolute Gasteiger partial charge is 0.0916 e. The molecular weight excluding hydrogens is 156 g/mol. The van der Waals surface area contributed by atoms with E-state index in [-0.39, 0.29) is 0 Å². The number of hydrogen-bond acceptors (Lipinski definition) is 0. The highest BCUT2D eigenvalue weighted by atomic mass is 14.4. The average Bonchev–Trinajstić information content (AvgIpc) is 2.02. The van der Waals surface area contributed by atoms with Gasteiger partial charge in [-0.05, 0) is 44.4 Å². The molecule has 1 aliphatic rings. The summed E-state index contributed by atoms with van der Waals surface area (Å²) in [7, 11) is 0. The number of hydrogen-bond donors (Lipinski definition) is 0. The van der Waals surface area contributed by atoms with Crippen molar-refractivity contribution in [1.82, 2.24) is 0 Å². The van der Waals surface area contributed by atoms with Crippen molar-refractivity contribution in [3.8, 4) is 0 Å². The normalized spacial score (nSPS) is 27.7. The summed E-state index contributed by atoms with van der Waals surface area (Å²) < 4.78 is 0. The Morgan fingerprint density at radius 1 is 1.54 bits per heavy atom. The van der Waals surface area contributed by atoms with Crippen molar-refractivity contribution >= 4 is 0 Å². The first-order valence-electron chi connectivity index (χ1n) is 5.36. The molecule has 0 spiro atoms. The van der Waals surface area contributed by atoms with E-state index in [4.69, 9.17) is 0 Å². The van der Waals surface area contributed by atoms with E-state index in [0.29, 0.717) is 5.41 Å². The predicted octanol–water partition coefficient (Wildman–Crippen LogP) is 4.34. The molecule has 0 heteroatoms. The second-order valence-electron chi connectivity index (χ2n) is 4.83. The van der Waals surface area contributed by atoms with Crippen molar-refractivity contribution in [3.05, 3.63) is 23.8 Å². The molecular formula is C13H22. The highest BCUT2D eigenvalue weighted by molar-refractivity contribution is 5.13. The van der Waals surface area contributed by atoms with Gasteiger partial charge < -0.3 is 0 Å². The number of rotatable bonds is 2. The molecule has 0 aromatic carbocycles. The van der Waals surface area contributed by atoms with Crippen LogP contribution in [0.4, 0.5) is 0 Å². The van der Waals surface area contributed by atoms with Crippen LogP contribution in [0.1, 0.15) is 47.0 Å². The zero-order chi connectivity index (χ0) is 9.90. The van der Waals surface area contributed by atoms with Crippen molar-refractivity contribution in [2.75, 3.05) is 0 Å². The second-order valence-corrected chi connectivity index (χ2v) is 4.83. The van der Waals surface area contributed by atoms with Gasteiger partial charge in [0.2, 0.25) is 0 Å². The third-order valence-corrected chi connectivity index (χ3v) is 3.36. The van der Waals surface area contributed by atoms with Crippen LogP contribution in [0, 0.1) is 11.3 Å². The van der Waals surface area contributed by atoms with Gasteiger partial charge in [0.1, 0.15) is 0 Å². The summed E-state index contributed by atoms with van der Waals surface area (Å²) >= 11 is 0. The zero-order valence-corrected chi connectivity index (χ0v) is 9.43. The summed E-state index contributed by atoms with van der Waals surface area (Å²) in [5.74, 6) is 0.762. The summed E-state index contributed by atoms with van der Waals surface area (Å²) in [5, 5.41) is 0. The predicted molar refractivity (Wildman–Crippen MR) is 59.7 cm³/mol. The number of allylic oxidation sites excluding steroid dienone is 4. The van der Waals surface area contributed by atoms with Crippen LogP contribution >= 0.6 is 0 Å². The first kappa shape index (κ1) is 10.6. The monoisotopic (exact) mass is 178 g/mol. The second kappa shape index (κ2) is 4.13. The molecule has 0 N–H and O–H groups in total. The van der Waals surface area contributed by atoms with Crippen LogP contribution in [0.3, 0.4) is 0 Å². The Bertz CT molecular complexity index is 218. The Hall–Kier alpha value is -0.520. The lowest BCUT2D eigenvalue weighted by Crippen LogP contribution is -2.27. The van der Waals surface area contributed by atoms with Crippen molar-refractivity contribution in [2.45, 2.75) is 47.0 Å². The fourth-order valence-electron chi connectivity index (χ4n) is 2.38. The minimum Gasteiger partial charge on any atom is -0.0916 e. The molecule has 0 aromatic heterocycles. The van der Waals surface area contributed by atoms with Gasteiger partial charge in [-0.15, -0.1) is 0 Å². The fraction of sp³-hybridized carbons (Fsp3) is 0.692. The lowest BCUT2D eigenvalue weighted by atomic mass is 9.67. The van der Waals surface area contributed by atoms with Crippen LogP contribution in [0.25, 0.3) is 0 Å². The molecule has 0 heterocycles. The molecule has 0 nitrogen and oxygen atoms in total. The van der Waals surface area contributed by atoms with Gasteiger partial charge in [0, 0.05) is 0 Å². The maximum atomic E-state index is 2.42. The Labute approximate surface area is 82.7 Å². The highest BCUT2D eigenvalue weighted by Gasteiger charge is 2.31. The van der Waals surface area contributed by atoms with E-state index in [1.807, 2.05) is 0 Å². The van der Waals surface area contributed by atoms with Gasteiger partial charge in [0.25, 0.3) is 0 Å². The summed E-state index contributed by atoms with van der Waals surface area (Å²) in [6, 6.07) is 0. The molecule has 0 fully saturated rings. The Morgan fingerprint density at radius 2 is 2.23 bits per heavy atom. The molecule has 0 radical (unpaired) electrons. The molecule has 0 aliphatic heterocycles. The first-order valence-corrected chi connectivity index (χ1v) is 5.36. The van der Waals surface area contributed by atoms with Crippen LogP contribution < -0.4 is 0 Å². The molecule has 0 saturated heterocycles. The van der Waals surface area contributed by atoms with Crippen LogP contribution in [-0.4, -0.2) is 0 Å². The van der Waals surface area contributed by atoms with Gasteiger partial charge in [-0.25, -0.2) is 0 Å². The van der Waals surface area contributed by atoms with Crippen LogP contribution in [0.2, 0.25) is 0 Å². The zero-order valence-electron chi connectivity index (χ0n) is 9.43. The van der Waals surface area contributed by atoms with Crippen molar-refractivity contribution < 1.29 is 0 Å². The van der Waals surface area contributed by atoms with E-state index in [0.717, 1.165) is 5.92 Å². The SMILES string of the molecule is C/C=C/CC1C(C)=CCCC1(C)C. The Kier molecular flexibility index (Phi) is 3.35. The average molecular weight is 178 g/mol. The van der Waals surface area contributed by atoms with Gasteiger partial charge in [0.15, 0.2) is 0 Å². The lowest BCUT2D eigenvalue weighted by molar-refractivity contribution is 0.216. The molecule has 13 heavy (non-hydrogen) atoms. The molecule has 1 atom stereocenters. The van der Waals surface area contributed by atoms with Crippen molar-refractivity contribution in [2.24, 2.45) is 11.3 Å². The summed E-state index contributed by atoms with van der Waals surface area (Å²) in [6.07, 6.45) is 10.7. The molecule has 0 saturated carbocycles. The maximum absolute atomic E-state index is 2.42. The highest BCUT2D eigenvalue weighted by Crippen LogP contribution is 2.42. The third-order valence-electron chi connectivity index (χ3n) is 3.36. The maximum Gasteiger partial charge on any atom is -0.0120 e. The van der Waals surface area contributed by atoms with Gasteiger partial charge >= 0.3 is 0 Å². The van der Waals surface area contributed by atoms with E-state index in [2.05, 4.69) is 45.9 Å². The lowest BCUT2D eigenvalue weighted by Gasteiger charge is -2.38. The molecule has 0 amide bonds. The van der Waals surface area contributed by atoms with E-state index in [1.165, 1.54) is 19.3 Å². The van der Waals surface area contributed by atoms with Gasteiger partial charge in [-0.2, -0.15) is 0 Å². The Morgan fingerprint density at radius 3 is 2.77 bits per heavy atom. The van der Waals surface area contributed by atoms with E-state index in [1.54, 1.807) is 5.57 Å². The Balaban J connectivity index is 2.75. The third kappa shape index (κ3) is 2.46. The summed E-state index contributed by atoms with van der Waals surface area (Å²) in [6.45, 7) is 9.19. The van der Waals surface area contributed by atoms with E-state index < -0.39 is 0 Å². The quantitative estimate of drug-likeness (QED) is 0.552. The summed E-state index contributed by atoms with van der Waals surface area (Å²) in [4.78, 5) is 0. The van der Waals surface area contributed by atoms with Crippen molar-refractivity contribution in [3.63, 3.8) is 0 Å². The van der Waals surface area contributed by atoms with E-state index in [9.17, 15) is 0 Å². The molecule has 0 bridgehead atoms. The van der Waals surface area contributed by atoms with Crippen LogP contribution in [0.5, 0.6) is 0 Å². The molecule has 1 aliphatic carbocycles. The first-order chi connectivity index (χ1) is 6.08. The molecule has 1 rings (SSSR count). The molecule has 0 aromatic rings. The summed E-state index contributed by atoms with van der Waals surface area (Å²) in [5.41, 5.74) is 2.09. The van der Waals surface area contributed by atoms with Gasteiger partial charge in [-0.1, -0.05) is 37.6 Å². The molecule has 74 valence electrons. The van der Waals surface area contributed by atoms with Crippen LogP contribution in [-0.2, 0) is 0 Å². The topological polar surface area (TPSA) is 0 Å². The standard InChI is InChI=1S/C13H22/c1-5-6-9-12-11(2)8-7-10-13(12,3)4/h5-6,8,12H,7,9-10H2,1-4H3/b6-5+. The van der Waals surface area contributed by atoms with Gasteiger partial charge in [-0.3, -0.25) is 0 Å². The van der Waals surface area contributed by atoms with Crippen LogP contribution in [0.15, 0.2) is 23.8 Å². The fourth-order valence-corrected chi connectivity index (χ4v) is 2.38. The minimum atomic E-state index is 0.498. The van der Waals surface area contributed by atoms with E-state index >= 15 is 0 Å². The molecule has 1 unspecified atom stereocenters. The minimum absolute atomic E-state index is 0.498.